The van der Waals surface area contributed by atoms with Crippen LogP contribution in [0.5, 0.6) is 5.75 Å². The summed E-state index contributed by atoms with van der Waals surface area (Å²) in [7, 11) is 0. The smallest absolute Gasteiger partial charge is 0.185 e. The summed E-state index contributed by atoms with van der Waals surface area (Å²) < 4.78 is 5.72. The number of rotatable bonds is 5. The molecule has 0 amide bonds. The molecule has 0 fully saturated rings. The number of carbonyl (C=O) groups is 1. The minimum absolute atomic E-state index is 0.0130. The highest BCUT2D eigenvalue weighted by atomic mass is 16.5. The summed E-state index contributed by atoms with van der Waals surface area (Å²) >= 11 is 0. The van der Waals surface area contributed by atoms with Gasteiger partial charge in [-0.05, 0) is 35.9 Å². The topological polar surface area (TPSA) is 26.3 Å². The molecular weight excluding hydrogens is 284 g/mol. The van der Waals surface area contributed by atoms with Crippen LogP contribution >= 0.6 is 0 Å². The highest BCUT2D eigenvalue weighted by Crippen LogP contribution is 2.29. The van der Waals surface area contributed by atoms with E-state index in [-0.39, 0.29) is 5.78 Å². The van der Waals surface area contributed by atoms with Gasteiger partial charge in [0.05, 0.1) is 6.61 Å². The van der Waals surface area contributed by atoms with Crippen LogP contribution in [0.4, 0.5) is 0 Å². The third-order valence-electron chi connectivity index (χ3n) is 3.69. The molecule has 0 N–H and O–H groups in total. The van der Waals surface area contributed by atoms with Crippen LogP contribution < -0.4 is 4.74 Å². The van der Waals surface area contributed by atoms with Crippen LogP contribution in [0.1, 0.15) is 22.8 Å². The number of allylic oxidation sites excluding steroid dienone is 1. The van der Waals surface area contributed by atoms with Gasteiger partial charge in [0, 0.05) is 11.1 Å². The van der Waals surface area contributed by atoms with Crippen molar-refractivity contribution in [3.8, 4) is 5.75 Å². The molecule has 0 aliphatic rings. The van der Waals surface area contributed by atoms with Gasteiger partial charge >= 0.3 is 0 Å². The van der Waals surface area contributed by atoms with E-state index in [1.54, 1.807) is 6.08 Å². The van der Waals surface area contributed by atoms with E-state index in [2.05, 4.69) is 6.07 Å². The SMILES string of the molecule is CCOc1ccc2ccccc2c1/C=C/C(=O)c1ccccc1. The average Bonchev–Trinajstić information content (AvgIpc) is 2.61. The molecule has 0 spiro atoms. The van der Waals surface area contributed by atoms with Gasteiger partial charge in [-0.25, -0.2) is 0 Å². The number of ketones is 1. The summed E-state index contributed by atoms with van der Waals surface area (Å²) in [5, 5.41) is 2.21. The van der Waals surface area contributed by atoms with E-state index < -0.39 is 0 Å². The van der Waals surface area contributed by atoms with E-state index in [1.807, 2.05) is 73.7 Å². The lowest BCUT2D eigenvalue weighted by atomic mass is 10.0. The fourth-order valence-corrected chi connectivity index (χ4v) is 2.59. The summed E-state index contributed by atoms with van der Waals surface area (Å²) in [5.74, 6) is 0.782. The van der Waals surface area contributed by atoms with Crippen molar-refractivity contribution >= 4 is 22.6 Å². The fourth-order valence-electron chi connectivity index (χ4n) is 2.59. The molecule has 0 heterocycles. The predicted molar refractivity (Wildman–Crippen MR) is 94.9 cm³/mol. The Labute approximate surface area is 136 Å². The maximum Gasteiger partial charge on any atom is 0.185 e. The Balaban J connectivity index is 2.02. The summed E-state index contributed by atoms with van der Waals surface area (Å²) in [4.78, 5) is 12.3. The molecule has 0 saturated heterocycles. The van der Waals surface area contributed by atoms with E-state index in [1.165, 1.54) is 0 Å². The quantitative estimate of drug-likeness (QED) is 0.482. The highest BCUT2D eigenvalue weighted by Gasteiger charge is 2.07. The van der Waals surface area contributed by atoms with Crippen LogP contribution in [0.2, 0.25) is 0 Å². The molecule has 23 heavy (non-hydrogen) atoms. The normalized spacial score (nSPS) is 11.0. The first kappa shape index (κ1) is 15.0. The van der Waals surface area contributed by atoms with Crippen molar-refractivity contribution in [2.24, 2.45) is 0 Å². The Morgan fingerprint density at radius 3 is 2.48 bits per heavy atom. The summed E-state index contributed by atoms with van der Waals surface area (Å²) in [6.07, 6.45) is 3.46. The molecule has 0 bridgehead atoms. The Morgan fingerprint density at radius 1 is 0.957 bits per heavy atom. The second-order valence-corrected chi connectivity index (χ2v) is 5.20. The number of carbonyl (C=O) groups excluding carboxylic acids is 1. The van der Waals surface area contributed by atoms with Gasteiger partial charge in [-0.2, -0.15) is 0 Å². The van der Waals surface area contributed by atoms with Crippen LogP contribution in [-0.2, 0) is 0 Å². The molecule has 3 aromatic rings. The largest absolute Gasteiger partial charge is 0.493 e. The van der Waals surface area contributed by atoms with Crippen molar-refractivity contribution in [2.45, 2.75) is 6.92 Å². The Kier molecular flexibility index (Phi) is 4.53. The third-order valence-corrected chi connectivity index (χ3v) is 3.69. The van der Waals surface area contributed by atoms with Gasteiger partial charge in [-0.3, -0.25) is 4.79 Å². The Bertz CT molecular complexity index is 848. The van der Waals surface area contributed by atoms with E-state index in [9.17, 15) is 4.79 Å². The molecule has 0 atom stereocenters. The predicted octanol–water partition coefficient (Wildman–Crippen LogP) is 5.13. The first-order chi connectivity index (χ1) is 11.3. The van der Waals surface area contributed by atoms with E-state index in [4.69, 9.17) is 4.74 Å². The third kappa shape index (κ3) is 3.32. The second-order valence-electron chi connectivity index (χ2n) is 5.20. The molecule has 0 saturated carbocycles. The number of hydrogen-bond donors (Lipinski definition) is 0. The number of ether oxygens (including phenoxy) is 1. The zero-order valence-corrected chi connectivity index (χ0v) is 13.0. The molecule has 3 rings (SSSR count). The van der Waals surface area contributed by atoms with Gasteiger partial charge in [-0.15, -0.1) is 0 Å². The van der Waals surface area contributed by atoms with Crippen LogP contribution in [0.25, 0.3) is 16.8 Å². The van der Waals surface area contributed by atoms with E-state index in [0.717, 1.165) is 22.1 Å². The maximum absolute atomic E-state index is 12.3. The Morgan fingerprint density at radius 2 is 1.70 bits per heavy atom. The number of hydrogen-bond acceptors (Lipinski definition) is 2. The molecule has 0 aliphatic heterocycles. The zero-order valence-electron chi connectivity index (χ0n) is 13.0. The van der Waals surface area contributed by atoms with Crippen molar-refractivity contribution in [3.63, 3.8) is 0 Å². The minimum atomic E-state index is -0.0130. The van der Waals surface area contributed by atoms with Gasteiger partial charge in [0.25, 0.3) is 0 Å². The van der Waals surface area contributed by atoms with Gasteiger partial charge in [0.1, 0.15) is 5.75 Å². The van der Waals surface area contributed by atoms with Crippen molar-refractivity contribution in [2.75, 3.05) is 6.61 Å². The fraction of sp³-hybridized carbons (Fsp3) is 0.0952. The van der Waals surface area contributed by atoms with Crippen LogP contribution in [0.15, 0.2) is 72.8 Å². The van der Waals surface area contributed by atoms with Crippen LogP contribution in [-0.4, -0.2) is 12.4 Å². The summed E-state index contributed by atoms with van der Waals surface area (Å²) in [6, 6.07) is 21.4. The first-order valence-electron chi connectivity index (χ1n) is 7.71. The zero-order chi connectivity index (χ0) is 16.1. The lowest BCUT2D eigenvalue weighted by molar-refractivity contribution is 0.104. The highest BCUT2D eigenvalue weighted by molar-refractivity contribution is 6.08. The second kappa shape index (κ2) is 6.93. The van der Waals surface area contributed by atoms with Gasteiger partial charge in [-0.1, -0.05) is 60.7 Å². The molecule has 0 radical (unpaired) electrons. The molecule has 2 heteroatoms. The lowest BCUT2D eigenvalue weighted by Gasteiger charge is -2.10. The molecule has 0 unspecified atom stereocenters. The summed E-state index contributed by atoms with van der Waals surface area (Å²) in [5.41, 5.74) is 1.62. The lowest BCUT2D eigenvalue weighted by Crippen LogP contribution is -1.96. The summed E-state index contributed by atoms with van der Waals surface area (Å²) in [6.45, 7) is 2.55. The molecular formula is C21H18O2. The van der Waals surface area contributed by atoms with Crippen molar-refractivity contribution in [1.29, 1.82) is 0 Å². The number of fused-ring (bicyclic) bond motifs is 1. The average molecular weight is 302 g/mol. The van der Waals surface area contributed by atoms with Gasteiger partial charge in [0.15, 0.2) is 5.78 Å². The molecule has 2 nitrogen and oxygen atoms in total. The van der Waals surface area contributed by atoms with E-state index >= 15 is 0 Å². The van der Waals surface area contributed by atoms with Crippen molar-refractivity contribution in [3.05, 3.63) is 83.9 Å². The van der Waals surface area contributed by atoms with Crippen LogP contribution in [0.3, 0.4) is 0 Å². The van der Waals surface area contributed by atoms with Crippen LogP contribution in [0, 0.1) is 0 Å². The maximum atomic E-state index is 12.3. The molecule has 3 aromatic carbocycles. The van der Waals surface area contributed by atoms with Crippen molar-refractivity contribution in [1.82, 2.24) is 0 Å². The minimum Gasteiger partial charge on any atom is -0.493 e. The van der Waals surface area contributed by atoms with Gasteiger partial charge in [0.2, 0.25) is 0 Å². The standard InChI is InChI=1S/C21H18O2/c1-2-23-21-15-12-16-8-6-7-11-18(16)19(21)13-14-20(22)17-9-4-3-5-10-17/h3-15H,2H2,1H3/b14-13+. The Hall–Kier alpha value is -2.87. The molecule has 0 aliphatic carbocycles. The monoisotopic (exact) mass is 302 g/mol. The molecule has 0 aromatic heterocycles. The van der Waals surface area contributed by atoms with Crippen molar-refractivity contribution < 1.29 is 9.53 Å². The number of benzene rings is 3. The molecule has 114 valence electrons. The van der Waals surface area contributed by atoms with E-state index in [0.29, 0.717) is 12.2 Å². The van der Waals surface area contributed by atoms with Gasteiger partial charge < -0.3 is 4.74 Å². The first-order valence-corrected chi connectivity index (χ1v) is 7.71.